The largest absolute Gasteiger partial charge is 0.469 e. The molecule has 0 radical (unpaired) electrons. The molecule has 0 aliphatic carbocycles. The molecule has 1 amide bonds. The standard InChI is InChI=1S/C20H23FN2O5S/c1-4-23(13-14(2)20(25)28-3)19(24)15-8-7-9-16(12-15)29(26,27)22-18-11-6-5-10-17(18)21/h5-12,14,22H,4,13H2,1-3H3. The lowest BCUT2D eigenvalue weighted by Crippen LogP contribution is -2.37. The first-order valence-electron chi connectivity index (χ1n) is 8.94. The predicted molar refractivity (Wildman–Crippen MR) is 106 cm³/mol. The van der Waals surface area contributed by atoms with E-state index in [1.165, 1.54) is 54.5 Å². The number of ether oxygens (including phenoxy) is 1. The Labute approximate surface area is 169 Å². The van der Waals surface area contributed by atoms with Gasteiger partial charge < -0.3 is 9.64 Å². The van der Waals surface area contributed by atoms with Crippen molar-refractivity contribution in [2.45, 2.75) is 18.7 Å². The summed E-state index contributed by atoms with van der Waals surface area (Å²) in [7, 11) is -2.83. The summed E-state index contributed by atoms with van der Waals surface area (Å²) in [4.78, 5) is 25.7. The Morgan fingerprint density at radius 3 is 2.48 bits per heavy atom. The highest BCUT2D eigenvalue weighted by molar-refractivity contribution is 7.92. The van der Waals surface area contributed by atoms with Crippen molar-refractivity contribution < 1.29 is 27.1 Å². The average Bonchev–Trinajstić information content (AvgIpc) is 2.72. The van der Waals surface area contributed by atoms with Crippen molar-refractivity contribution in [3.05, 3.63) is 59.9 Å². The zero-order valence-corrected chi connectivity index (χ0v) is 17.2. The summed E-state index contributed by atoms with van der Waals surface area (Å²) in [5.41, 5.74) is -0.0494. The van der Waals surface area contributed by atoms with Crippen LogP contribution in [0.25, 0.3) is 0 Å². The van der Waals surface area contributed by atoms with E-state index in [1.807, 2.05) is 0 Å². The minimum Gasteiger partial charge on any atom is -0.469 e. The van der Waals surface area contributed by atoms with E-state index >= 15 is 0 Å². The highest BCUT2D eigenvalue weighted by atomic mass is 32.2. The molecule has 0 fully saturated rings. The first-order chi connectivity index (χ1) is 13.7. The fourth-order valence-electron chi connectivity index (χ4n) is 2.69. The third kappa shape index (κ3) is 5.54. The monoisotopic (exact) mass is 422 g/mol. The van der Waals surface area contributed by atoms with Gasteiger partial charge >= 0.3 is 5.97 Å². The second-order valence-electron chi connectivity index (χ2n) is 6.38. The molecule has 0 saturated heterocycles. The van der Waals surface area contributed by atoms with Crippen LogP contribution in [0.1, 0.15) is 24.2 Å². The van der Waals surface area contributed by atoms with Gasteiger partial charge in [-0.2, -0.15) is 0 Å². The highest BCUT2D eigenvalue weighted by Gasteiger charge is 2.23. The topological polar surface area (TPSA) is 92.8 Å². The van der Waals surface area contributed by atoms with E-state index < -0.39 is 33.6 Å². The molecule has 0 aliphatic rings. The van der Waals surface area contributed by atoms with Crippen molar-refractivity contribution >= 4 is 27.6 Å². The van der Waals surface area contributed by atoms with E-state index in [0.717, 1.165) is 6.07 Å². The predicted octanol–water partition coefficient (Wildman–Crippen LogP) is 2.90. The first kappa shape index (κ1) is 22.4. The van der Waals surface area contributed by atoms with E-state index in [9.17, 15) is 22.4 Å². The Morgan fingerprint density at radius 1 is 1.17 bits per heavy atom. The van der Waals surface area contributed by atoms with Crippen LogP contribution in [0.2, 0.25) is 0 Å². The van der Waals surface area contributed by atoms with Gasteiger partial charge in [0.25, 0.3) is 15.9 Å². The van der Waals surface area contributed by atoms with Gasteiger partial charge in [-0.3, -0.25) is 14.3 Å². The summed E-state index contributed by atoms with van der Waals surface area (Å²) in [5.74, 6) is -2.11. The Kier molecular flexibility index (Phi) is 7.33. The van der Waals surface area contributed by atoms with Gasteiger partial charge in [-0.25, -0.2) is 12.8 Å². The number of rotatable bonds is 8. The number of sulfonamides is 1. The number of benzene rings is 2. The van der Waals surface area contributed by atoms with E-state index in [0.29, 0.717) is 6.54 Å². The van der Waals surface area contributed by atoms with Crippen LogP contribution in [0.15, 0.2) is 53.4 Å². The number of methoxy groups -OCH3 is 1. The molecule has 2 aromatic carbocycles. The van der Waals surface area contributed by atoms with E-state index in [4.69, 9.17) is 0 Å². The molecule has 0 aliphatic heterocycles. The van der Waals surface area contributed by atoms with Crippen LogP contribution in [0.5, 0.6) is 0 Å². The summed E-state index contributed by atoms with van der Waals surface area (Å²) >= 11 is 0. The Balaban J connectivity index is 2.26. The molecule has 9 heteroatoms. The SMILES string of the molecule is CCN(CC(C)C(=O)OC)C(=O)c1cccc(S(=O)(=O)Nc2ccccc2F)c1. The lowest BCUT2D eigenvalue weighted by molar-refractivity contribution is -0.145. The molecule has 0 heterocycles. The van der Waals surface area contributed by atoms with Crippen LogP contribution in [0.4, 0.5) is 10.1 Å². The van der Waals surface area contributed by atoms with Crippen molar-refractivity contribution in [3.8, 4) is 0 Å². The summed E-state index contributed by atoms with van der Waals surface area (Å²) in [6, 6.07) is 10.8. The van der Waals surface area contributed by atoms with Gasteiger partial charge in [-0.15, -0.1) is 0 Å². The Hall–Kier alpha value is -2.94. The number of halogens is 1. The molecule has 29 heavy (non-hydrogen) atoms. The Bertz CT molecular complexity index is 994. The number of carbonyl (C=O) groups excluding carboxylic acids is 2. The van der Waals surface area contributed by atoms with Crippen LogP contribution < -0.4 is 4.72 Å². The number of hydrogen-bond donors (Lipinski definition) is 1. The number of nitrogens with one attached hydrogen (secondary N) is 1. The molecule has 0 bridgehead atoms. The fourth-order valence-corrected chi connectivity index (χ4v) is 3.80. The van der Waals surface area contributed by atoms with Gasteiger partial charge in [0.1, 0.15) is 5.82 Å². The van der Waals surface area contributed by atoms with Gasteiger partial charge in [-0.1, -0.05) is 25.1 Å². The Morgan fingerprint density at radius 2 is 1.86 bits per heavy atom. The van der Waals surface area contributed by atoms with Crippen molar-refractivity contribution in [3.63, 3.8) is 0 Å². The smallest absolute Gasteiger partial charge is 0.310 e. The molecule has 2 rings (SSSR count). The van der Waals surface area contributed by atoms with Crippen LogP contribution in [-0.4, -0.2) is 45.4 Å². The van der Waals surface area contributed by atoms with E-state index in [-0.39, 0.29) is 22.7 Å². The second kappa shape index (κ2) is 9.51. The van der Waals surface area contributed by atoms with Crippen molar-refractivity contribution in [1.29, 1.82) is 0 Å². The molecule has 0 spiro atoms. The lowest BCUT2D eigenvalue weighted by atomic mass is 10.1. The molecule has 156 valence electrons. The zero-order valence-electron chi connectivity index (χ0n) is 16.4. The minimum atomic E-state index is -4.10. The molecule has 7 nitrogen and oxygen atoms in total. The van der Waals surface area contributed by atoms with Gasteiger partial charge in [0, 0.05) is 18.7 Å². The maximum Gasteiger partial charge on any atom is 0.310 e. The summed E-state index contributed by atoms with van der Waals surface area (Å²) in [5, 5.41) is 0. The number of esters is 1. The normalized spacial score (nSPS) is 12.1. The van der Waals surface area contributed by atoms with Gasteiger partial charge in [0.2, 0.25) is 0 Å². The van der Waals surface area contributed by atoms with Crippen LogP contribution in [-0.2, 0) is 19.6 Å². The lowest BCUT2D eigenvalue weighted by Gasteiger charge is -2.23. The van der Waals surface area contributed by atoms with Crippen LogP contribution in [0, 0.1) is 11.7 Å². The number of nitrogens with zero attached hydrogens (tertiary/aromatic N) is 1. The third-order valence-corrected chi connectivity index (χ3v) is 5.64. The first-order valence-corrected chi connectivity index (χ1v) is 10.4. The highest BCUT2D eigenvalue weighted by Crippen LogP contribution is 2.20. The number of para-hydroxylation sites is 1. The number of anilines is 1. The average molecular weight is 422 g/mol. The third-order valence-electron chi connectivity index (χ3n) is 4.28. The van der Waals surface area contributed by atoms with Crippen LogP contribution >= 0.6 is 0 Å². The van der Waals surface area contributed by atoms with Crippen molar-refractivity contribution in [2.75, 3.05) is 24.9 Å². The summed E-state index contributed by atoms with van der Waals surface area (Å²) in [6.07, 6.45) is 0. The summed E-state index contributed by atoms with van der Waals surface area (Å²) < 4.78 is 45.9. The number of amides is 1. The molecule has 1 atom stereocenters. The number of carbonyl (C=O) groups is 2. The molecular formula is C20H23FN2O5S. The summed E-state index contributed by atoms with van der Waals surface area (Å²) in [6.45, 7) is 3.85. The molecule has 0 saturated carbocycles. The maximum atomic E-state index is 13.8. The molecular weight excluding hydrogens is 399 g/mol. The molecule has 1 N–H and O–H groups in total. The van der Waals surface area contributed by atoms with Crippen molar-refractivity contribution in [2.24, 2.45) is 5.92 Å². The number of hydrogen-bond acceptors (Lipinski definition) is 5. The molecule has 1 unspecified atom stereocenters. The van der Waals surface area contributed by atoms with Gasteiger partial charge in [0.05, 0.1) is 23.6 Å². The maximum absolute atomic E-state index is 13.8. The van der Waals surface area contributed by atoms with Gasteiger partial charge in [-0.05, 0) is 37.3 Å². The molecule has 0 aromatic heterocycles. The quantitative estimate of drug-likeness (QED) is 0.661. The molecule has 2 aromatic rings. The van der Waals surface area contributed by atoms with Crippen LogP contribution in [0.3, 0.4) is 0 Å². The van der Waals surface area contributed by atoms with Crippen molar-refractivity contribution in [1.82, 2.24) is 4.90 Å². The van der Waals surface area contributed by atoms with E-state index in [2.05, 4.69) is 9.46 Å². The second-order valence-corrected chi connectivity index (χ2v) is 8.06. The van der Waals surface area contributed by atoms with Gasteiger partial charge in [0.15, 0.2) is 0 Å². The zero-order chi connectivity index (χ0) is 21.6. The minimum absolute atomic E-state index is 0.131. The fraction of sp³-hybridized carbons (Fsp3) is 0.300. The van der Waals surface area contributed by atoms with E-state index in [1.54, 1.807) is 13.8 Å².